The molecule has 0 aliphatic carbocycles. The van der Waals surface area contributed by atoms with Crippen LogP contribution >= 0.6 is 0 Å². The Labute approximate surface area is 113 Å². The average Bonchev–Trinajstić information content (AvgIpc) is 2.35. The molecule has 0 saturated heterocycles. The fraction of sp³-hybridized carbons (Fsp3) is 0.312. The Hall–Kier alpha value is -2.03. The third kappa shape index (κ3) is 3.25. The molecule has 3 heteroatoms. The number of carbonyl (C=O) groups is 1. The fourth-order valence-electron chi connectivity index (χ4n) is 1.81. The van der Waals surface area contributed by atoms with Crippen molar-refractivity contribution >= 4 is 16.7 Å². The molecular formula is C16H18O3. The number of esters is 1. The zero-order valence-electron chi connectivity index (χ0n) is 11.7. The number of hydrogen-bond donors (Lipinski definition) is 0. The lowest BCUT2D eigenvalue weighted by atomic mass is 10.1. The molecule has 0 aromatic heterocycles. The first-order chi connectivity index (χ1) is 8.89. The van der Waals surface area contributed by atoms with Crippen molar-refractivity contribution < 1.29 is 14.3 Å². The van der Waals surface area contributed by atoms with Crippen molar-refractivity contribution in [2.24, 2.45) is 0 Å². The first-order valence-corrected chi connectivity index (χ1v) is 6.20. The summed E-state index contributed by atoms with van der Waals surface area (Å²) in [4.78, 5) is 12.0. The van der Waals surface area contributed by atoms with E-state index in [0.29, 0.717) is 5.56 Å². The smallest absolute Gasteiger partial charge is 0.338 e. The first kappa shape index (κ1) is 13.4. The van der Waals surface area contributed by atoms with Crippen molar-refractivity contribution in [3.8, 4) is 5.75 Å². The minimum atomic E-state index is -0.480. The molecule has 100 valence electrons. The number of fused-ring (bicyclic) bond motifs is 1. The van der Waals surface area contributed by atoms with Crippen molar-refractivity contribution in [3.05, 3.63) is 42.0 Å². The van der Waals surface area contributed by atoms with Gasteiger partial charge in [0.1, 0.15) is 11.4 Å². The van der Waals surface area contributed by atoms with Crippen LogP contribution < -0.4 is 4.74 Å². The highest BCUT2D eigenvalue weighted by Gasteiger charge is 2.17. The Morgan fingerprint density at radius 1 is 1.00 bits per heavy atom. The quantitative estimate of drug-likeness (QED) is 0.768. The molecule has 2 aromatic carbocycles. The first-order valence-electron chi connectivity index (χ1n) is 6.20. The second kappa shape index (κ2) is 4.92. The van der Waals surface area contributed by atoms with Crippen molar-refractivity contribution in [2.75, 3.05) is 7.11 Å². The largest absolute Gasteiger partial charge is 0.497 e. The SMILES string of the molecule is COc1ccc2cc(C(=O)OC(C)(C)C)ccc2c1. The van der Waals surface area contributed by atoms with Crippen LogP contribution in [0.1, 0.15) is 31.1 Å². The molecule has 0 bridgehead atoms. The van der Waals surface area contributed by atoms with Crippen LogP contribution in [0.4, 0.5) is 0 Å². The molecule has 0 aliphatic rings. The van der Waals surface area contributed by atoms with Crippen LogP contribution in [0.3, 0.4) is 0 Å². The highest BCUT2D eigenvalue weighted by molar-refractivity contribution is 5.95. The maximum Gasteiger partial charge on any atom is 0.338 e. The van der Waals surface area contributed by atoms with Gasteiger partial charge in [-0.3, -0.25) is 0 Å². The van der Waals surface area contributed by atoms with Crippen LogP contribution in [0, 0.1) is 0 Å². The van der Waals surface area contributed by atoms with Crippen molar-refractivity contribution in [1.29, 1.82) is 0 Å². The number of ether oxygens (including phenoxy) is 2. The van der Waals surface area contributed by atoms with Gasteiger partial charge in [0.2, 0.25) is 0 Å². The van der Waals surface area contributed by atoms with Crippen LogP contribution in [-0.2, 0) is 4.74 Å². The molecule has 0 spiro atoms. The maximum absolute atomic E-state index is 12.0. The molecule has 2 rings (SSSR count). The lowest BCUT2D eigenvalue weighted by Crippen LogP contribution is -2.23. The van der Waals surface area contributed by atoms with Crippen LogP contribution in [0.5, 0.6) is 5.75 Å². The van der Waals surface area contributed by atoms with Gasteiger partial charge in [-0.1, -0.05) is 12.1 Å². The van der Waals surface area contributed by atoms with E-state index in [1.165, 1.54) is 0 Å². The fourth-order valence-corrected chi connectivity index (χ4v) is 1.81. The van der Waals surface area contributed by atoms with Crippen molar-refractivity contribution in [2.45, 2.75) is 26.4 Å². The van der Waals surface area contributed by atoms with Gasteiger partial charge in [-0.05, 0) is 55.8 Å². The number of benzene rings is 2. The molecule has 0 heterocycles. The van der Waals surface area contributed by atoms with Gasteiger partial charge in [-0.2, -0.15) is 0 Å². The predicted molar refractivity (Wildman–Crippen MR) is 75.7 cm³/mol. The third-order valence-corrected chi connectivity index (χ3v) is 2.68. The van der Waals surface area contributed by atoms with E-state index >= 15 is 0 Å². The second-order valence-corrected chi connectivity index (χ2v) is 5.43. The van der Waals surface area contributed by atoms with Crippen LogP contribution in [-0.4, -0.2) is 18.7 Å². The summed E-state index contributed by atoms with van der Waals surface area (Å²) in [6, 6.07) is 11.3. The minimum absolute atomic E-state index is 0.301. The molecule has 0 N–H and O–H groups in total. The molecule has 0 amide bonds. The number of carbonyl (C=O) groups excluding carboxylic acids is 1. The van der Waals surface area contributed by atoms with E-state index in [0.717, 1.165) is 16.5 Å². The minimum Gasteiger partial charge on any atom is -0.497 e. The Balaban J connectivity index is 2.34. The zero-order chi connectivity index (χ0) is 14.0. The topological polar surface area (TPSA) is 35.5 Å². The Kier molecular flexibility index (Phi) is 3.47. The summed E-state index contributed by atoms with van der Waals surface area (Å²) < 4.78 is 10.5. The Morgan fingerprint density at radius 2 is 1.63 bits per heavy atom. The van der Waals surface area contributed by atoms with Crippen LogP contribution in [0.15, 0.2) is 36.4 Å². The van der Waals surface area contributed by atoms with Gasteiger partial charge >= 0.3 is 5.97 Å². The Bertz CT molecular complexity index is 609. The Morgan fingerprint density at radius 3 is 2.26 bits per heavy atom. The molecule has 2 aromatic rings. The normalized spacial score (nSPS) is 11.4. The van der Waals surface area contributed by atoms with Gasteiger partial charge in [0.25, 0.3) is 0 Å². The molecule has 3 nitrogen and oxygen atoms in total. The van der Waals surface area contributed by atoms with E-state index in [1.54, 1.807) is 13.2 Å². The highest BCUT2D eigenvalue weighted by Crippen LogP contribution is 2.23. The van der Waals surface area contributed by atoms with Gasteiger partial charge in [-0.25, -0.2) is 4.79 Å². The van der Waals surface area contributed by atoms with Gasteiger partial charge in [-0.15, -0.1) is 0 Å². The zero-order valence-corrected chi connectivity index (χ0v) is 11.7. The monoisotopic (exact) mass is 258 g/mol. The number of methoxy groups -OCH3 is 1. The van der Waals surface area contributed by atoms with Crippen LogP contribution in [0.25, 0.3) is 10.8 Å². The van der Waals surface area contributed by atoms with E-state index in [1.807, 2.05) is 51.1 Å². The molecule has 0 aliphatic heterocycles. The molecule has 19 heavy (non-hydrogen) atoms. The van der Waals surface area contributed by atoms with E-state index < -0.39 is 5.60 Å². The summed E-state index contributed by atoms with van der Waals surface area (Å²) >= 11 is 0. The summed E-state index contributed by atoms with van der Waals surface area (Å²) in [5.74, 6) is 0.503. The molecule has 0 saturated carbocycles. The van der Waals surface area contributed by atoms with Gasteiger partial charge in [0, 0.05) is 0 Å². The van der Waals surface area contributed by atoms with Crippen molar-refractivity contribution in [1.82, 2.24) is 0 Å². The highest BCUT2D eigenvalue weighted by atomic mass is 16.6. The molecule has 0 radical (unpaired) electrons. The lowest BCUT2D eigenvalue weighted by molar-refractivity contribution is 0.00697. The van der Waals surface area contributed by atoms with E-state index in [9.17, 15) is 4.79 Å². The molecule has 0 unspecified atom stereocenters. The van der Waals surface area contributed by atoms with Crippen LogP contribution in [0.2, 0.25) is 0 Å². The van der Waals surface area contributed by atoms with Gasteiger partial charge in [0.05, 0.1) is 12.7 Å². The standard InChI is InChI=1S/C16H18O3/c1-16(2,3)19-15(17)13-6-5-12-10-14(18-4)8-7-11(12)9-13/h5-10H,1-4H3. The average molecular weight is 258 g/mol. The van der Waals surface area contributed by atoms with E-state index in [2.05, 4.69) is 0 Å². The summed E-state index contributed by atoms with van der Waals surface area (Å²) in [7, 11) is 1.64. The molecule has 0 atom stereocenters. The van der Waals surface area contributed by atoms with Gasteiger partial charge < -0.3 is 9.47 Å². The maximum atomic E-state index is 12.0. The lowest BCUT2D eigenvalue weighted by Gasteiger charge is -2.19. The van der Waals surface area contributed by atoms with E-state index in [4.69, 9.17) is 9.47 Å². The third-order valence-electron chi connectivity index (χ3n) is 2.68. The molecular weight excluding hydrogens is 240 g/mol. The second-order valence-electron chi connectivity index (χ2n) is 5.43. The predicted octanol–water partition coefficient (Wildman–Crippen LogP) is 3.80. The molecule has 0 fully saturated rings. The van der Waals surface area contributed by atoms with Crippen molar-refractivity contribution in [3.63, 3.8) is 0 Å². The van der Waals surface area contributed by atoms with E-state index in [-0.39, 0.29) is 5.97 Å². The summed E-state index contributed by atoms with van der Waals surface area (Å²) in [5.41, 5.74) is 0.0824. The summed E-state index contributed by atoms with van der Waals surface area (Å²) in [5, 5.41) is 2.02. The number of rotatable bonds is 2. The van der Waals surface area contributed by atoms with Gasteiger partial charge in [0.15, 0.2) is 0 Å². The number of hydrogen-bond acceptors (Lipinski definition) is 3. The summed E-state index contributed by atoms with van der Waals surface area (Å²) in [6.45, 7) is 5.57. The summed E-state index contributed by atoms with van der Waals surface area (Å²) in [6.07, 6.45) is 0.